The molecule has 41 heavy (non-hydrogen) atoms. The minimum Gasteiger partial charge on any atom is -0.462 e. The molecule has 0 saturated heterocycles. The quantitative estimate of drug-likeness (QED) is 0.0369. The number of carbonyl (C=O) groups is 2. The van der Waals surface area contributed by atoms with Crippen molar-refractivity contribution in [1.29, 1.82) is 0 Å². The number of esters is 2. The van der Waals surface area contributed by atoms with Crippen molar-refractivity contribution in [3.63, 3.8) is 0 Å². The van der Waals surface area contributed by atoms with Crippen LogP contribution in [-0.4, -0.2) is 65.7 Å². The second-order valence-electron chi connectivity index (χ2n) is 10.5. The number of aliphatic hydroxyl groups excluding tert-OH is 2. The fourth-order valence-electron chi connectivity index (χ4n) is 3.90. The molecule has 11 heteroatoms. The van der Waals surface area contributed by atoms with Gasteiger partial charge in [-0.15, -0.1) is 0 Å². The summed E-state index contributed by atoms with van der Waals surface area (Å²) in [6.45, 7) is 2.06. The molecule has 0 amide bonds. The maximum Gasteiger partial charge on any atom is 0.472 e. The Balaban J connectivity index is 4.19. The molecule has 0 aromatic rings. The lowest BCUT2D eigenvalue weighted by Gasteiger charge is -2.20. The van der Waals surface area contributed by atoms with Gasteiger partial charge in [-0.1, -0.05) is 90.2 Å². The first kappa shape index (κ1) is 39.7. The number of rotatable bonds is 29. The predicted octanol–water partition coefficient (Wildman–Crippen LogP) is 6.55. The Morgan fingerprint density at radius 3 is 1.80 bits per heavy atom. The summed E-state index contributed by atoms with van der Waals surface area (Å²) >= 11 is 0. The topological polar surface area (TPSA) is 149 Å². The largest absolute Gasteiger partial charge is 0.472 e. The second kappa shape index (κ2) is 27.5. The number of hydrogen-bond donors (Lipinski definition) is 3. The van der Waals surface area contributed by atoms with Crippen LogP contribution in [0.15, 0.2) is 12.2 Å². The smallest absolute Gasteiger partial charge is 0.462 e. The first-order chi connectivity index (χ1) is 19.7. The van der Waals surface area contributed by atoms with E-state index in [2.05, 4.69) is 23.6 Å². The third-order valence-corrected chi connectivity index (χ3v) is 7.37. The van der Waals surface area contributed by atoms with Crippen LogP contribution in [0.5, 0.6) is 0 Å². The Hall–Kier alpha value is -1.29. The van der Waals surface area contributed by atoms with Gasteiger partial charge in [0, 0.05) is 12.8 Å². The van der Waals surface area contributed by atoms with Crippen LogP contribution in [-0.2, 0) is 32.7 Å². The van der Waals surface area contributed by atoms with E-state index in [1.54, 1.807) is 0 Å². The molecule has 0 saturated carbocycles. The van der Waals surface area contributed by atoms with Gasteiger partial charge in [-0.3, -0.25) is 18.6 Å². The van der Waals surface area contributed by atoms with E-state index in [-0.39, 0.29) is 19.4 Å². The third kappa shape index (κ3) is 27.3. The van der Waals surface area contributed by atoms with Crippen molar-refractivity contribution >= 4 is 19.8 Å². The molecule has 0 aliphatic heterocycles. The van der Waals surface area contributed by atoms with E-state index in [0.29, 0.717) is 12.8 Å². The second-order valence-corrected chi connectivity index (χ2v) is 11.9. The van der Waals surface area contributed by atoms with Gasteiger partial charge in [0.25, 0.3) is 0 Å². The van der Waals surface area contributed by atoms with Gasteiger partial charge < -0.3 is 24.6 Å². The van der Waals surface area contributed by atoms with Crippen LogP contribution in [0.2, 0.25) is 0 Å². The molecule has 0 aliphatic rings. The van der Waals surface area contributed by atoms with Gasteiger partial charge in [0.2, 0.25) is 0 Å². The molecule has 3 atom stereocenters. The lowest BCUT2D eigenvalue weighted by atomic mass is 10.1. The van der Waals surface area contributed by atoms with Crippen molar-refractivity contribution in [1.82, 2.24) is 0 Å². The van der Waals surface area contributed by atoms with Gasteiger partial charge in [0.05, 0.1) is 19.8 Å². The Morgan fingerprint density at radius 2 is 1.22 bits per heavy atom. The number of allylic oxidation sites excluding steroid dienone is 2. The number of unbranched alkanes of at least 4 members (excludes halogenated alkanes) is 13. The molecule has 0 spiro atoms. The lowest BCUT2D eigenvalue weighted by molar-refractivity contribution is -0.161. The molecule has 3 N–H and O–H groups in total. The van der Waals surface area contributed by atoms with E-state index in [0.717, 1.165) is 44.9 Å². The number of phosphoric acid groups is 1. The Morgan fingerprint density at radius 1 is 0.707 bits per heavy atom. The molecule has 3 unspecified atom stereocenters. The van der Waals surface area contributed by atoms with Crippen molar-refractivity contribution in [2.45, 2.75) is 142 Å². The first-order valence-corrected chi connectivity index (χ1v) is 17.1. The molecule has 0 heterocycles. The summed E-state index contributed by atoms with van der Waals surface area (Å²) in [7, 11) is -4.58. The van der Waals surface area contributed by atoms with E-state index < -0.39 is 51.8 Å². The molecule has 0 radical (unpaired) electrons. The molecule has 0 bridgehead atoms. The Kier molecular flexibility index (Phi) is 26.7. The van der Waals surface area contributed by atoms with Gasteiger partial charge in [-0.05, 0) is 38.5 Å². The zero-order valence-corrected chi connectivity index (χ0v) is 26.4. The van der Waals surface area contributed by atoms with Gasteiger partial charge in [-0.25, -0.2) is 4.57 Å². The van der Waals surface area contributed by atoms with Crippen molar-refractivity contribution in [3.05, 3.63) is 12.2 Å². The highest BCUT2D eigenvalue weighted by Crippen LogP contribution is 2.43. The Labute approximate surface area is 247 Å². The monoisotopic (exact) mass is 608 g/mol. The summed E-state index contributed by atoms with van der Waals surface area (Å²) in [6, 6.07) is 0. The zero-order chi connectivity index (χ0) is 30.6. The van der Waals surface area contributed by atoms with Crippen LogP contribution in [0, 0.1) is 0 Å². The molecular formula is C30H57O10P. The molecule has 0 aliphatic carbocycles. The summed E-state index contributed by atoms with van der Waals surface area (Å²) in [5.41, 5.74) is 0. The summed E-state index contributed by atoms with van der Waals surface area (Å²) in [6.07, 6.45) is 20.3. The zero-order valence-electron chi connectivity index (χ0n) is 25.5. The molecule has 0 fully saturated rings. The molecule has 10 nitrogen and oxygen atoms in total. The van der Waals surface area contributed by atoms with Crippen molar-refractivity contribution in [2.75, 3.05) is 26.4 Å². The van der Waals surface area contributed by atoms with Crippen LogP contribution in [0.1, 0.15) is 129 Å². The molecular weight excluding hydrogens is 551 g/mol. The fraction of sp³-hybridized carbons (Fsp3) is 0.867. The van der Waals surface area contributed by atoms with Crippen molar-refractivity contribution in [2.24, 2.45) is 0 Å². The van der Waals surface area contributed by atoms with Crippen LogP contribution >= 0.6 is 7.82 Å². The number of carbonyl (C=O) groups excluding carboxylic acids is 2. The molecule has 0 rings (SSSR count). The average molecular weight is 609 g/mol. The van der Waals surface area contributed by atoms with E-state index in [1.165, 1.54) is 44.9 Å². The van der Waals surface area contributed by atoms with E-state index in [1.807, 2.05) is 6.92 Å². The normalized spacial score (nSPS) is 14.6. The number of aliphatic hydroxyl groups is 2. The minimum atomic E-state index is -4.58. The molecule has 0 aromatic heterocycles. The number of hydrogen-bond acceptors (Lipinski definition) is 9. The Bertz CT molecular complexity index is 715. The lowest BCUT2D eigenvalue weighted by Crippen LogP contribution is -2.29. The average Bonchev–Trinajstić information content (AvgIpc) is 2.95. The number of phosphoric ester groups is 1. The van der Waals surface area contributed by atoms with Crippen LogP contribution in [0.3, 0.4) is 0 Å². The standard InChI is InChI=1S/C30H57O10P/c1-3-5-7-8-9-10-11-12-13-14-15-16-17-18-19-20-22-30(34)40-28(25-37-29(33)21-6-4-2)26-39-41(35,36)38-24-27(32)23-31/h13-14,27-28,31-32H,3-12,15-26H2,1-2H3,(H,35,36)/b14-13-. The first-order valence-electron chi connectivity index (χ1n) is 15.6. The van der Waals surface area contributed by atoms with Gasteiger partial charge in [0.1, 0.15) is 12.7 Å². The van der Waals surface area contributed by atoms with Gasteiger partial charge in [-0.2, -0.15) is 0 Å². The third-order valence-electron chi connectivity index (χ3n) is 6.42. The van der Waals surface area contributed by atoms with Gasteiger partial charge >= 0.3 is 19.8 Å². The summed E-state index contributed by atoms with van der Waals surface area (Å²) in [5.74, 6) is -0.976. The van der Waals surface area contributed by atoms with E-state index in [9.17, 15) is 24.2 Å². The van der Waals surface area contributed by atoms with Crippen molar-refractivity contribution in [3.8, 4) is 0 Å². The fourth-order valence-corrected chi connectivity index (χ4v) is 4.69. The maximum absolute atomic E-state index is 12.3. The maximum atomic E-state index is 12.3. The summed E-state index contributed by atoms with van der Waals surface area (Å²) < 4.78 is 32.0. The highest BCUT2D eigenvalue weighted by atomic mass is 31.2. The minimum absolute atomic E-state index is 0.175. The summed E-state index contributed by atoms with van der Waals surface area (Å²) in [4.78, 5) is 34.0. The molecule has 0 aromatic carbocycles. The van der Waals surface area contributed by atoms with Crippen LogP contribution < -0.4 is 0 Å². The van der Waals surface area contributed by atoms with Crippen LogP contribution in [0.25, 0.3) is 0 Å². The highest BCUT2D eigenvalue weighted by molar-refractivity contribution is 7.47. The van der Waals surface area contributed by atoms with Crippen LogP contribution in [0.4, 0.5) is 0 Å². The molecule has 242 valence electrons. The van der Waals surface area contributed by atoms with E-state index >= 15 is 0 Å². The van der Waals surface area contributed by atoms with Gasteiger partial charge in [0.15, 0.2) is 6.10 Å². The highest BCUT2D eigenvalue weighted by Gasteiger charge is 2.27. The van der Waals surface area contributed by atoms with Crippen molar-refractivity contribution < 1.29 is 47.8 Å². The number of ether oxygens (including phenoxy) is 2. The van der Waals surface area contributed by atoms with E-state index in [4.69, 9.17) is 19.1 Å². The summed E-state index contributed by atoms with van der Waals surface area (Å²) in [5, 5.41) is 18.1. The SMILES string of the molecule is CCCCCCCCC/C=C\CCCCCCCC(=O)OC(COC(=O)CCCC)COP(=O)(O)OCC(O)CO. The predicted molar refractivity (Wildman–Crippen MR) is 159 cm³/mol.